The van der Waals surface area contributed by atoms with E-state index in [1.54, 1.807) is 18.3 Å². The van der Waals surface area contributed by atoms with E-state index in [1.165, 1.54) is 18.4 Å². The summed E-state index contributed by atoms with van der Waals surface area (Å²) >= 11 is 1.33. The third kappa shape index (κ3) is 3.69. The van der Waals surface area contributed by atoms with Gasteiger partial charge in [-0.3, -0.25) is 9.48 Å². The molecule has 1 aromatic carbocycles. The number of carbonyl (C=O) groups excluding carboxylic acids is 2. The Morgan fingerprint density at radius 2 is 2.00 bits per heavy atom. The molecular weight excluding hydrogens is 400 g/mol. The van der Waals surface area contributed by atoms with E-state index in [-0.39, 0.29) is 5.91 Å². The molecule has 0 unspecified atom stereocenters. The van der Waals surface area contributed by atoms with Crippen molar-refractivity contribution in [3.8, 4) is 11.3 Å². The van der Waals surface area contributed by atoms with Crippen LogP contribution >= 0.6 is 11.3 Å². The van der Waals surface area contributed by atoms with E-state index in [1.807, 2.05) is 49.0 Å². The molecule has 0 fully saturated rings. The van der Waals surface area contributed by atoms with Crippen molar-refractivity contribution in [3.63, 3.8) is 0 Å². The molecule has 0 spiro atoms. The summed E-state index contributed by atoms with van der Waals surface area (Å²) in [5, 5.41) is 8.38. The zero-order chi connectivity index (χ0) is 21.3. The molecule has 0 atom stereocenters. The predicted octanol–water partition coefficient (Wildman–Crippen LogP) is 4.53. The fourth-order valence-electron chi connectivity index (χ4n) is 3.22. The second kappa shape index (κ2) is 8.08. The number of rotatable bonds is 5. The van der Waals surface area contributed by atoms with Crippen molar-refractivity contribution in [2.24, 2.45) is 0 Å². The summed E-state index contributed by atoms with van der Waals surface area (Å²) in [6.45, 7) is 4.62. The van der Waals surface area contributed by atoms with Crippen LogP contribution in [0.25, 0.3) is 22.2 Å². The highest BCUT2D eigenvalue weighted by Crippen LogP contribution is 2.30. The number of hydrogen-bond donors (Lipinski definition) is 1. The van der Waals surface area contributed by atoms with E-state index in [0.29, 0.717) is 27.3 Å². The molecule has 152 valence electrons. The lowest BCUT2D eigenvalue weighted by molar-refractivity contribution is 0.0602. The standard InChI is InChI=1S/C22H20N4O3S/c1-4-26-12-14(11-23-26)19-10-16(15-7-5-6-8-18(15)24-19)20(27)25-21-17(22(28)29-3)9-13(2)30-21/h5-12H,4H2,1-3H3,(H,25,27). The Hall–Kier alpha value is -3.52. The number of pyridine rings is 1. The monoisotopic (exact) mass is 420 g/mol. The number of aryl methyl sites for hydroxylation is 2. The number of methoxy groups -OCH3 is 1. The van der Waals surface area contributed by atoms with Gasteiger partial charge >= 0.3 is 5.97 Å². The number of para-hydroxylation sites is 1. The fraction of sp³-hybridized carbons (Fsp3) is 0.182. The van der Waals surface area contributed by atoms with Crippen LogP contribution in [-0.4, -0.2) is 33.8 Å². The number of anilines is 1. The van der Waals surface area contributed by atoms with Gasteiger partial charge in [-0.15, -0.1) is 11.3 Å². The third-order valence-corrected chi connectivity index (χ3v) is 5.67. The van der Waals surface area contributed by atoms with Gasteiger partial charge in [-0.2, -0.15) is 5.10 Å². The molecular formula is C22H20N4O3S. The van der Waals surface area contributed by atoms with Crippen LogP contribution in [0, 0.1) is 6.92 Å². The number of fused-ring (bicyclic) bond motifs is 1. The van der Waals surface area contributed by atoms with Gasteiger partial charge in [-0.05, 0) is 32.0 Å². The number of thiophene rings is 1. The molecule has 7 nitrogen and oxygen atoms in total. The number of nitrogens with zero attached hydrogens (tertiary/aromatic N) is 3. The minimum Gasteiger partial charge on any atom is -0.465 e. The molecule has 0 aliphatic rings. The van der Waals surface area contributed by atoms with Crippen LogP contribution in [0.15, 0.2) is 48.8 Å². The van der Waals surface area contributed by atoms with Crippen LogP contribution in [0.1, 0.15) is 32.5 Å². The lowest BCUT2D eigenvalue weighted by atomic mass is 10.0. The maximum Gasteiger partial charge on any atom is 0.340 e. The number of hydrogen-bond acceptors (Lipinski definition) is 6. The van der Waals surface area contributed by atoms with E-state index in [4.69, 9.17) is 9.72 Å². The van der Waals surface area contributed by atoms with Crippen molar-refractivity contribution in [2.45, 2.75) is 20.4 Å². The largest absolute Gasteiger partial charge is 0.465 e. The summed E-state index contributed by atoms with van der Waals surface area (Å²) in [7, 11) is 1.32. The Morgan fingerprint density at radius 3 is 2.73 bits per heavy atom. The Balaban J connectivity index is 1.78. The van der Waals surface area contributed by atoms with Crippen molar-refractivity contribution in [1.82, 2.24) is 14.8 Å². The van der Waals surface area contributed by atoms with Gasteiger partial charge in [0.15, 0.2) is 0 Å². The van der Waals surface area contributed by atoms with Crippen molar-refractivity contribution < 1.29 is 14.3 Å². The van der Waals surface area contributed by atoms with Gasteiger partial charge in [0.05, 0.1) is 35.6 Å². The van der Waals surface area contributed by atoms with Crippen LogP contribution in [0.3, 0.4) is 0 Å². The Bertz CT molecular complexity index is 1260. The first-order valence-corrected chi connectivity index (χ1v) is 10.2. The molecule has 0 radical (unpaired) electrons. The van der Waals surface area contributed by atoms with Crippen LogP contribution in [0.2, 0.25) is 0 Å². The quantitative estimate of drug-likeness (QED) is 0.480. The zero-order valence-corrected chi connectivity index (χ0v) is 17.6. The molecule has 0 bridgehead atoms. The smallest absolute Gasteiger partial charge is 0.340 e. The zero-order valence-electron chi connectivity index (χ0n) is 16.8. The number of ether oxygens (including phenoxy) is 1. The van der Waals surface area contributed by atoms with Crippen LogP contribution in [0.4, 0.5) is 5.00 Å². The minimum atomic E-state index is -0.484. The highest BCUT2D eigenvalue weighted by molar-refractivity contribution is 7.16. The molecule has 4 rings (SSSR count). The summed E-state index contributed by atoms with van der Waals surface area (Å²) in [6.07, 6.45) is 3.64. The average molecular weight is 420 g/mol. The van der Waals surface area contributed by atoms with Crippen LogP contribution in [-0.2, 0) is 11.3 Å². The Kier molecular flexibility index (Phi) is 5.33. The average Bonchev–Trinajstić information content (AvgIpc) is 3.38. The van der Waals surface area contributed by atoms with Crippen LogP contribution < -0.4 is 5.32 Å². The molecule has 8 heteroatoms. The number of carbonyl (C=O) groups is 2. The first kappa shape index (κ1) is 19.8. The summed E-state index contributed by atoms with van der Waals surface area (Å²) in [5.41, 5.74) is 3.02. The minimum absolute atomic E-state index is 0.315. The predicted molar refractivity (Wildman–Crippen MR) is 117 cm³/mol. The van der Waals surface area contributed by atoms with Crippen molar-refractivity contribution >= 4 is 39.1 Å². The summed E-state index contributed by atoms with van der Waals surface area (Å²) in [6, 6.07) is 10.9. The van der Waals surface area contributed by atoms with Gasteiger partial charge < -0.3 is 10.1 Å². The van der Waals surface area contributed by atoms with Crippen molar-refractivity contribution in [1.29, 1.82) is 0 Å². The van der Waals surface area contributed by atoms with Gasteiger partial charge in [0.25, 0.3) is 5.91 Å². The lowest BCUT2D eigenvalue weighted by Crippen LogP contribution is -2.14. The SMILES string of the molecule is CCn1cc(-c2cc(C(=O)Nc3sc(C)cc3C(=O)OC)c3ccccc3n2)cn1. The second-order valence-corrected chi connectivity index (χ2v) is 7.96. The van der Waals surface area contributed by atoms with Gasteiger partial charge in [-0.25, -0.2) is 9.78 Å². The second-order valence-electron chi connectivity index (χ2n) is 6.70. The highest BCUT2D eigenvalue weighted by Gasteiger charge is 2.20. The first-order valence-electron chi connectivity index (χ1n) is 9.43. The molecule has 1 amide bonds. The summed E-state index contributed by atoms with van der Waals surface area (Å²) in [5.74, 6) is -0.799. The maximum atomic E-state index is 13.2. The summed E-state index contributed by atoms with van der Waals surface area (Å²) < 4.78 is 6.64. The number of nitrogens with one attached hydrogen (secondary N) is 1. The molecule has 3 heterocycles. The van der Waals surface area contributed by atoms with E-state index in [0.717, 1.165) is 22.4 Å². The number of benzene rings is 1. The molecule has 0 saturated carbocycles. The number of aromatic nitrogens is 3. The van der Waals surface area contributed by atoms with Gasteiger partial charge in [0.2, 0.25) is 0 Å². The van der Waals surface area contributed by atoms with Gasteiger partial charge in [-0.1, -0.05) is 18.2 Å². The lowest BCUT2D eigenvalue weighted by Gasteiger charge is -2.10. The summed E-state index contributed by atoms with van der Waals surface area (Å²) in [4.78, 5) is 30.9. The van der Waals surface area contributed by atoms with E-state index in [2.05, 4.69) is 10.4 Å². The molecule has 0 saturated heterocycles. The van der Waals surface area contributed by atoms with E-state index < -0.39 is 5.97 Å². The normalized spacial score (nSPS) is 10.9. The Morgan fingerprint density at radius 1 is 1.20 bits per heavy atom. The van der Waals surface area contributed by atoms with Gasteiger partial charge in [0.1, 0.15) is 5.00 Å². The number of amides is 1. The van der Waals surface area contributed by atoms with E-state index in [9.17, 15) is 9.59 Å². The molecule has 0 aliphatic heterocycles. The third-order valence-electron chi connectivity index (χ3n) is 4.70. The number of esters is 1. The Labute approximate surface area is 177 Å². The molecule has 30 heavy (non-hydrogen) atoms. The first-order chi connectivity index (χ1) is 14.5. The topological polar surface area (TPSA) is 86.1 Å². The van der Waals surface area contributed by atoms with E-state index >= 15 is 0 Å². The highest BCUT2D eigenvalue weighted by atomic mass is 32.1. The van der Waals surface area contributed by atoms with Crippen molar-refractivity contribution in [3.05, 3.63) is 64.8 Å². The fourth-order valence-corrected chi connectivity index (χ4v) is 4.11. The molecule has 0 aliphatic carbocycles. The van der Waals surface area contributed by atoms with Gasteiger partial charge in [0, 0.05) is 28.6 Å². The maximum absolute atomic E-state index is 13.2. The van der Waals surface area contributed by atoms with Crippen LogP contribution in [0.5, 0.6) is 0 Å². The molecule has 4 aromatic rings. The van der Waals surface area contributed by atoms with Crippen molar-refractivity contribution in [2.75, 3.05) is 12.4 Å². The molecule has 1 N–H and O–H groups in total. The molecule has 3 aromatic heterocycles.